The number of benzene rings is 8. The fourth-order valence-corrected chi connectivity index (χ4v) is 10.1. The first-order chi connectivity index (χ1) is 29.5. The van der Waals surface area contributed by atoms with Crippen LogP contribution in [-0.4, -0.2) is 4.57 Å². The smallest absolute Gasteiger partial charge is 0.160 e. The molecule has 2 aliphatic carbocycles. The zero-order valence-corrected chi connectivity index (χ0v) is 33.7. The molecule has 0 fully saturated rings. The molecule has 0 aliphatic heterocycles. The number of allylic oxidation sites excluding steroid dienone is 4. The zero-order chi connectivity index (χ0) is 40.0. The van der Waals surface area contributed by atoms with Gasteiger partial charge in [0.2, 0.25) is 0 Å². The number of furan rings is 1. The highest BCUT2D eigenvalue weighted by Gasteiger charge is 2.37. The molecule has 12 rings (SSSR count). The van der Waals surface area contributed by atoms with E-state index in [0.29, 0.717) is 0 Å². The highest BCUT2D eigenvalue weighted by atomic mass is 16.3. The molecule has 10 aromatic rings. The summed E-state index contributed by atoms with van der Waals surface area (Å²) in [5.74, 6) is 0. The summed E-state index contributed by atoms with van der Waals surface area (Å²) < 4.78 is 8.96. The second-order valence-corrected chi connectivity index (χ2v) is 16.8. The Morgan fingerprint density at radius 3 is 1.87 bits per heavy atom. The maximum absolute atomic E-state index is 6.60. The Hall–Kier alpha value is -7.36. The van der Waals surface area contributed by atoms with Crippen molar-refractivity contribution in [3.63, 3.8) is 0 Å². The maximum atomic E-state index is 6.60. The van der Waals surface area contributed by atoms with Gasteiger partial charge < -0.3 is 13.9 Å². The van der Waals surface area contributed by atoms with Crippen LogP contribution < -0.4 is 4.90 Å². The molecule has 0 radical (unpaired) electrons. The minimum Gasteiger partial charge on any atom is -0.454 e. The molecule has 8 aromatic carbocycles. The van der Waals surface area contributed by atoms with E-state index in [1.807, 2.05) is 6.07 Å². The van der Waals surface area contributed by atoms with E-state index < -0.39 is 0 Å². The molecule has 0 unspecified atom stereocenters. The normalized spacial score (nSPS) is 14.4. The summed E-state index contributed by atoms with van der Waals surface area (Å²) in [5, 5.41) is 4.68. The number of hydrogen-bond acceptors (Lipinski definition) is 2. The highest BCUT2D eigenvalue weighted by Crippen LogP contribution is 2.52. The lowest BCUT2D eigenvalue weighted by atomic mass is 9.80. The first-order valence-corrected chi connectivity index (χ1v) is 21.1. The molecular formula is C57H42N2O. The standard InChI is InChI=1S/C57H42N2O/c1-57(2)51-17-9-6-14-45(51)46-33-32-44(36-52(46)57)58(41-26-20-38(21-27-41)37-12-4-3-5-13-37)42-28-22-39(23-29-42)40-24-30-43(31-25-40)59-53-18-10-7-15-47(53)49-34-35-50-48-16-8-11-19-54(48)60-56(50)55(49)59/h3-5,7-13,15-36H,6,14H2,1-2H3. The molecule has 286 valence electrons. The first kappa shape index (κ1) is 34.7. The quantitative estimate of drug-likeness (QED) is 0.168. The van der Waals surface area contributed by atoms with Crippen LogP contribution in [0.25, 0.3) is 77.3 Å². The summed E-state index contributed by atoms with van der Waals surface area (Å²) in [6.07, 6.45) is 6.93. The number of fused-ring (bicyclic) bond motifs is 9. The second-order valence-electron chi connectivity index (χ2n) is 16.8. The minimum atomic E-state index is -0.0479. The molecular weight excluding hydrogens is 729 g/mol. The van der Waals surface area contributed by atoms with Gasteiger partial charge in [-0.2, -0.15) is 0 Å². The third kappa shape index (κ3) is 5.29. The molecule has 0 N–H and O–H groups in total. The van der Waals surface area contributed by atoms with Crippen molar-refractivity contribution < 1.29 is 4.42 Å². The molecule has 2 heterocycles. The van der Waals surface area contributed by atoms with Gasteiger partial charge in [-0.1, -0.05) is 141 Å². The van der Waals surface area contributed by atoms with E-state index in [2.05, 4.69) is 211 Å². The van der Waals surface area contributed by atoms with E-state index in [1.54, 1.807) is 0 Å². The highest BCUT2D eigenvalue weighted by molar-refractivity contribution is 6.21. The molecule has 2 aromatic heterocycles. The van der Waals surface area contributed by atoms with E-state index in [4.69, 9.17) is 4.42 Å². The average molecular weight is 771 g/mol. The van der Waals surface area contributed by atoms with Gasteiger partial charge in [0.05, 0.1) is 11.0 Å². The van der Waals surface area contributed by atoms with Gasteiger partial charge in [-0.15, -0.1) is 0 Å². The zero-order valence-electron chi connectivity index (χ0n) is 33.7. The fourth-order valence-electron chi connectivity index (χ4n) is 10.1. The summed E-state index contributed by atoms with van der Waals surface area (Å²) in [6, 6.07) is 66.2. The average Bonchev–Trinajstić information content (AvgIpc) is 3.93. The SMILES string of the molecule is CC1(C)C2=C(CCC=C2)c2ccc(N(c3ccc(-c4ccccc4)cc3)c3ccc(-c4ccc(-n5c6ccccc6c6ccc7c8ccccc8oc7c65)cc4)cc3)cc21. The van der Waals surface area contributed by atoms with Crippen LogP contribution in [0.2, 0.25) is 0 Å². The van der Waals surface area contributed by atoms with Crippen molar-refractivity contribution in [2.45, 2.75) is 32.1 Å². The number of para-hydroxylation sites is 2. The largest absolute Gasteiger partial charge is 0.454 e. The Labute approximate surface area is 349 Å². The number of hydrogen-bond donors (Lipinski definition) is 0. The lowest BCUT2D eigenvalue weighted by molar-refractivity contribution is 0.651. The van der Waals surface area contributed by atoms with Gasteiger partial charge in [0.1, 0.15) is 5.58 Å². The maximum Gasteiger partial charge on any atom is 0.160 e. The molecule has 0 bridgehead atoms. The monoisotopic (exact) mass is 770 g/mol. The van der Waals surface area contributed by atoms with Crippen LogP contribution in [0.15, 0.2) is 204 Å². The Balaban J connectivity index is 0.928. The predicted octanol–water partition coefficient (Wildman–Crippen LogP) is 15.9. The minimum absolute atomic E-state index is 0.0479. The second kappa shape index (κ2) is 13.3. The summed E-state index contributed by atoms with van der Waals surface area (Å²) in [4.78, 5) is 2.41. The van der Waals surface area contributed by atoms with Crippen molar-refractivity contribution >= 4 is 66.4 Å². The van der Waals surface area contributed by atoms with E-state index in [0.717, 1.165) is 62.9 Å². The summed E-state index contributed by atoms with van der Waals surface area (Å²) >= 11 is 0. The Bertz CT molecular complexity index is 3360. The summed E-state index contributed by atoms with van der Waals surface area (Å²) in [5.41, 5.74) is 19.1. The van der Waals surface area contributed by atoms with Gasteiger partial charge in [0.25, 0.3) is 0 Å². The van der Waals surface area contributed by atoms with Gasteiger partial charge in [-0.25, -0.2) is 0 Å². The van der Waals surface area contributed by atoms with Gasteiger partial charge >= 0.3 is 0 Å². The van der Waals surface area contributed by atoms with Crippen LogP contribution in [0.5, 0.6) is 0 Å². The van der Waals surface area contributed by atoms with Crippen molar-refractivity contribution in [1.82, 2.24) is 4.57 Å². The van der Waals surface area contributed by atoms with Crippen LogP contribution in [0.3, 0.4) is 0 Å². The van der Waals surface area contributed by atoms with Crippen molar-refractivity contribution in [2.24, 2.45) is 0 Å². The predicted molar refractivity (Wildman–Crippen MR) is 252 cm³/mol. The topological polar surface area (TPSA) is 21.3 Å². The van der Waals surface area contributed by atoms with Crippen LogP contribution in [-0.2, 0) is 5.41 Å². The van der Waals surface area contributed by atoms with Crippen LogP contribution in [0.4, 0.5) is 17.1 Å². The lowest BCUT2D eigenvalue weighted by Crippen LogP contribution is -2.18. The summed E-state index contributed by atoms with van der Waals surface area (Å²) in [7, 11) is 0. The first-order valence-electron chi connectivity index (χ1n) is 21.1. The molecule has 3 heteroatoms. The van der Waals surface area contributed by atoms with Gasteiger partial charge in [0, 0.05) is 49.7 Å². The molecule has 0 amide bonds. The van der Waals surface area contributed by atoms with Crippen molar-refractivity contribution in [3.05, 3.63) is 211 Å². The van der Waals surface area contributed by atoms with Gasteiger partial charge in [-0.3, -0.25) is 0 Å². The number of anilines is 3. The van der Waals surface area contributed by atoms with Crippen LogP contribution in [0.1, 0.15) is 37.8 Å². The van der Waals surface area contributed by atoms with Crippen molar-refractivity contribution in [3.8, 4) is 27.9 Å². The van der Waals surface area contributed by atoms with Gasteiger partial charge in [-0.05, 0) is 124 Å². The number of aromatic nitrogens is 1. The fraction of sp³-hybridized carbons (Fsp3) is 0.0877. The van der Waals surface area contributed by atoms with Gasteiger partial charge in [0.15, 0.2) is 5.58 Å². The van der Waals surface area contributed by atoms with E-state index >= 15 is 0 Å². The number of nitrogens with zero attached hydrogens (tertiary/aromatic N) is 2. The molecule has 60 heavy (non-hydrogen) atoms. The molecule has 0 spiro atoms. The summed E-state index contributed by atoms with van der Waals surface area (Å²) in [6.45, 7) is 4.76. The number of rotatable bonds is 6. The van der Waals surface area contributed by atoms with Crippen LogP contribution >= 0.6 is 0 Å². The molecule has 3 nitrogen and oxygen atoms in total. The van der Waals surface area contributed by atoms with E-state index in [9.17, 15) is 0 Å². The van der Waals surface area contributed by atoms with E-state index in [-0.39, 0.29) is 5.41 Å². The molecule has 0 atom stereocenters. The Kier molecular flexibility index (Phi) is 7.71. The molecule has 2 aliphatic rings. The third-order valence-electron chi connectivity index (χ3n) is 13.1. The molecule has 0 saturated carbocycles. The Morgan fingerprint density at radius 1 is 0.533 bits per heavy atom. The van der Waals surface area contributed by atoms with E-state index in [1.165, 1.54) is 61.0 Å². The Morgan fingerprint density at radius 2 is 1.13 bits per heavy atom. The lowest BCUT2D eigenvalue weighted by Gasteiger charge is -2.29. The molecule has 0 saturated heterocycles. The van der Waals surface area contributed by atoms with Crippen molar-refractivity contribution in [1.29, 1.82) is 0 Å². The third-order valence-corrected chi connectivity index (χ3v) is 13.1. The van der Waals surface area contributed by atoms with Crippen LogP contribution in [0, 0.1) is 0 Å². The van der Waals surface area contributed by atoms with Crippen molar-refractivity contribution in [2.75, 3.05) is 4.90 Å².